The summed E-state index contributed by atoms with van der Waals surface area (Å²) in [6.45, 7) is 7.30. The van der Waals surface area contributed by atoms with Gasteiger partial charge in [-0.2, -0.15) is 0 Å². The van der Waals surface area contributed by atoms with Crippen LogP contribution in [0.3, 0.4) is 0 Å². The van der Waals surface area contributed by atoms with Gasteiger partial charge < -0.3 is 19.1 Å². The number of methoxy groups -OCH3 is 1. The molecular weight excluding hydrogens is 256 g/mol. The number of hydrogen-bond acceptors (Lipinski definition) is 5. The summed E-state index contributed by atoms with van der Waals surface area (Å²) in [4.78, 5) is 6.49. The minimum absolute atomic E-state index is 0.317. The predicted octanol–water partition coefficient (Wildman–Crippen LogP) is 2.46. The summed E-state index contributed by atoms with van der Waals surface area (Å²) in [7, 11) is 1.66. The molecule has 20 heavy (non-hydrogen) atoms. The van der Waals surface area contributed by atoms with Gasteiger partial charge in [0.2, 0.25) is 0 Å². The minimum atomic E-state index is -0.317. The fourth-order valence-corrected chi connectivity index (χ4v) is 2.58. The Morgan fingerprint density at radius 2 is 1.80 bits per heavy atom. The molecule has 2 saturated heterocycles. The predicted molar refractivity (Wildman–Crippen MR) is 78.2 cm³/mol. The summed E-state index contributed by atoms with van der Waals surface area (Å²) in [6, 6.07) is 2.02. The van der Waals surface area contributed by atoms with Crippen molar-refractivity contribution >= 4 is 5.69 Å². The molecule has 0 unspecified atom stereocenters. The normalized spacial score (nSPS) is 20.4. The van der Waals surface area contributed by atoms with Crippen molar-refractivity contribution in [3.63, 3.8) is 0 Å². The molecule has 1 aromatic heterocycles. The minimum Gasteiger partial charge on any atom is -0.495 e. The van der Waals surface area contributed by atoms with E-state index in [1.165, 1.54) is 0 Å². The second-order valence-corrected chi connectivity index (χ2v) is 4.68. The van der Waals surface area contributed by atoms with Crippen LogP contribution in [0, 0.1) is 0 Å². The molecule has 0 saturated carbocycles. The van der Waals surface area contributed by atoms with Crippen LogP contribution in [-0.2, 0) is 9.47 Å². The Kier molecular flexibility index (Phi) is 5.20. The van der Waals surface area contributed by atoms with Crippen LogP contribution >= 0.6 is 0 Å². The second kappa shape index (κ2) is 6.90. The van der Waals surface area contributed by atoms with Gasteiger partial charge in [0.1, 0.15) is 5.75 Å². The lowest BCUT2D eigenvalue weighted by atomic mass is 10.0. The van der Waals surface area contributed by atoms with Crippen LogP contribution in [0.4, 0.5) is 5.69 Å². The highest BCUT2D eigenvalue weighted by Crippen LogP contribution is 2.33. The van der Waals surface area contributed by atoms with Gasteiger partial charge in [-0.3, -0.25) is 4.98 Å². The van der Waals surface area contributed by atoms with E-state index in [1.54, 1.807) is 13.3 Å². The maximum Gasteiger partial charge on any atom is 0.171 e. The lowest BCUT2D eigenvalue weighted by Crippen LogP contribution is -2.45. The Balaban J connectivity index is 0.000000704. The summed E-state index contributed by atoms with van der Waals surface area (Å²) in [5.74, 6) is 0.476. The van der Waals surface area contributed by atoms with E-state index in [4.69, 9.17) is 14.2 Å². The number of anilines is 1. The lowest BCUT2D eigenvalue weighted by Gasteiger charge is -2.38. The summed E-state index contributed by atoms with van der Waals surface area (Å²) in [5.41, 5.74) is 1.10. The van der Waals surface area contributed by atoms with Gasteiger partial charge in [0.05, 0.1) is 38.4 Å². The van der Waals surface area contributed by atoms with E-state index in [0.29, 0.717) is 0 Å². The third-order valence-electron chi connectivity index (χ3n) is 3.64. The van der Waals surface area contributed by atoms with Crippen LogP contribution < -0.4 is 9.64 Å². The molecule has 3 rings (SSSR count). The fraction of sp³-hybridized carbons (Fsp3) is 0.667. The zero-order valence-electron chi connectivity index (χ0n) is 12.6. The Morgan fingerprint density at radius 1 is 1.15 bits per heavy atom. The third kappa shape index (κ3) is 3.22. The molecule has 2 fully saturated rings. The van der Waals surface area contributed by atoms with E-state index >= 15 is 0 Å². The zero-order chi connectivity index (χ0) is 14.4. The van der Waals surface area contributed by atoms with Crippen molar-refractivity contribution in [1.29, 1.82) is 0 Å². The Morgan fingerprint density at radius 3 is 2.40 bits per heavy atom. The fourth-order valence-electron chi connectivity index (χ4n) is 2.58. The van der Waals surface area contributed by atoms with Gasteiger partial charge in [-0.1, -0.05) is 13.8 Å². The van der Waals surface area contributed by atoms with Gasteiger partial charge in [-0.05, 0) is 0 Å². The third-order valence-corrected chi connectivity index (χ3v) is 3.64. The first kappa shape index (κ1) is 15.1. The monoisotopic (exact) mass is 280 g/mol. The van der Waals surface area contributed by atoms with Crippen LogP contribution in [0.1, 0.15) is 26.7 Å². The van der Waals surface area contributed by atoms with Gasteiger partial charge in [0.15, 0.2) is 5.79 Å². The van der Waals surface area contributed by atoms with Crippen LogP contribution in [0.2, 0.25) is 0 Å². The van der Waals surface area contributed by atoms with Gasteiger partial charge in [0, 0.05) is 32.0 Å². The summed E-state index contributed by atoms with van der Waals surface area (Å²) >= 11 is 0. The van der Waals surface area contributed by atoms with Crippen molar-refractivity contribution in [3.05, 3.63) is 18.5 Å². The van der Waals surface area contributed by atoms with E-state index in [1.807, 2.05) is 26.1 Å². The first-order valence-electron chi connectivity index (χ1n) is 7.33. The average Bonchev–Trinajstić information content (AvgIpc) is 2.98. The van der Waals surface area contributed by atoms with Crippen LogP contribution in [0.15, 0.2) is 18.5 Å². The average molecular weight is 280 g/mol. The molecule has 5 nitrogen and oxygen atoms in total. The highest BCUT2D eigenvalue weighted by molar-refractivity contribution is 5.48. The second-order valence-electron chi connectivity index (χ2n) is 4.68. The Bertz CT molecular complexity index is 409. The molecule has 1 aromatic rings. The summed E-state index contributed by atoms with van der Waals surface area (Å²) in [6.07, 6.45) is 5.41. The van der Waals surface area contributed by atoms with Crippen LogP contribution in [0.25, 0.3) is 0 Å². The maximum atomic E-state index is 5.72. The number of nitrogens with zero attached hydrogens (tertiary/aromatic N) is 2. The maximum absolute atomic E-state index is 5.72. The molecule has 0 amide bonds. The first-order chi connectivity index (χ1) is 9.81. The van der Waals surface area contributed by atoms with Gasteiger partial charge in [-0.25, -0.2) is 0 Å². The summed E-state index contributed by atoms with van der Waals surface area (Å²) < 4.78 is 16.6. The molecule has 5 heteroatoms. The number of piperidine rings is 1. The smallest absolute Gasteiger partial charge is 0.171 e. The largest absolute Gasteiger partial charge is 0.495 e. The van der Waals surface area contributed by atoms with Gasteiger partial charge in [-0.15, -0.1) is 0 Å². The quantitative estimate of drug-likeness (QED) is 0.832. The Labute approximate surface area is 120 Å². The van der Waals surface area contributed by atoms with Crippen molar-refractivity contribution in [2.75, 3.05) is 38.3 Å². The standard InChI is InChI=1S/C13H18N2O3.C2H6/c1-16-12-8-11(9-14-10-12)15-4-2-13(3-5-15)17-6-7-18-13;1-2/h8-10H,2-7H2,1H3;1-2H3. The molecule has 0 radical (unpaired) electrons. The number of pyridine rings is 1. The molecule has 0 bridgehead atoms. The van der Waals surface area contributed by atoms with Crippen molar-refractivity contribution in [1.82, 2.24) is 4.98 Å². The highest BCUT2D eigenvalue weighted by atomic mass is 16.7. The van der Waals surface area contributed by atoms with E-state index in [2.05, 4.69) is 9.88 Å². The molecule has 2 aliphatic heterocycles. The van der Waals surface area contributed by atoms with Crippen molar-refractivity contribution in [2.24, 2.45) is 0 Å². The molecule has 0 atom stereocenters. The molecule has 112 valence electrons. The van der Waals surface area contributed by atoms with Gasteiger partial charge >= 0.3 is 0 Å². The van der Waals surface area contributed by atoms with E-state index < -0.39 is 0 Å². The molecule has 0 aromatic carbocycles. The Hall–Kier alpha value is -1.33. The molecule has 0 N–H and O–H groups in total. The molecule has 1 spiro atoms. The number of rotatable bonds is 2. The molecule has 2 aliphatic rings. The van der Waals surface area contributed by atoms with E-state index in [0.717, 1.165) is 50.6 Å². The lowest BCUT2D eigenvalue weighted by molar-refractivity contribution is -0.169. The summed E-state index contributed by atoms with van der Waals surface area (Å²) in [5, 5.41) is 0. The molecule has 0 aliphatic carbocycles. The first-order valence-corrected chi connectivity index (χ1v) is 7.33. The van der Waals surface area contributed by atoms with E-state index in [9.17, 15) is 0 Å². The van der Waals surface area contributed by atoms with Crippen LogP contribution in [0.5, 0.6) is 5.75 Å². The molecular formula is C15H24N2O3. The number of aromatic nitrogens is 1. The van der Waals surface area contributed by atoms with E-state index in [-0.39, 0.29) is 5.79 Å². The van der Waals surface area contributed by atoms with Crippen LogP contribution in [-0.4, -0.2) is 44.2 Å². The SMILES string of the molecule is CC.COc1cncc(N2CCC3(CC2)OCCO3)c1. The van der Waals surface area contributed by atoms with Crippen molar-refractivity contribution in [2.45, 2.75) is 32.5 Å². The number of ether oxygens (including phenoxy) is 3. The number of hydrogen-bond donors (Lipinski definition) is 0. The topological polar surface area (TPSA) is 43.8 Å². The highest BCUT2D eigenvalue weighted by Gasteiger charge is 2.39. The molecule has 3 heterocycles. The van der Waals surface area contributed by atoms with Crippen molar-refractivity contribution in [3.8, 4) is 5.75 Å². The van der Waals surface area contributed by atoms with Gasteiger partial charge in [0.25, 0.3) is 0 Å². The van der Waals surface area contributed by atoms with Crippen molar-refractivity contribution < 1.29 is 14.2 Å². The zero-order valence-corrected chi connectivity index (χ0v) is 12.6.